The molecule has 6 nitrogen and oxygen atoms in total. The molecule has 0 aliphatic carbocycles. The summed E-state index contributed by atoms with van der Waals surface area (Å²) in [5, 5.41) is 11.1. The van der Waals surface area contributed by atoms with Gasteiger partial charge in [0.2, 0.25) is 5.91 Å². The normalized spacial score (nSPS) is 12.4. The van der Waals surface area contributed by atoms with Crippen LogP contribution in [-0.2, 0) is 27.0 Å². The van der Waals surface area contributed by atoms with E-state index >= 15 is 0 Å². The second kappa shape index (κ2) is 7.12. The molecule has 0 radical (unpaired) electrons. The van der Waals surface area contributed by atoms with Gasteiger partial charge >= 0.3 is 18.1 Å². The lowest BCUT2D eigenvalue weighted by molar-refractivity contribution is -0.142. The Labute approximate surface area is 129 Å². The van der Waals surface area contributed by atoms with Crippen LogP contribution in [0, 0.1) is 0 Å². The van der Waals surface area contributed by atoms with E-state index in [4.69, 9.17) is 5.11 Å². The number of carbonyl (C=O) groups is 3. The van der Waals surface area contributed by atoms with Crippen molar-refractivity contribution in [1.29, 1.82) is 0 Å². The lowest BCUT2D eigenvalue weighted by Gasteiger charge is -2.16. The number of aliphatic carboxylic acids is 1. The minimum Gasteiger partial charge on any atom is -0.480 e. The van der Waals surface area contributed by atoms with Crippen LogP contribution in [0.15, 0.2) is 18.2 Å². The summed E-state index contributed by atoms with van der Waals surface area (Å²) in [6.45, 7) is 2.06. The van der Waals surface area contributed by atoms with Crippen LogP contribution in [0.2, 0.25) is 0 Å². The number of hydrogen-bond acceptors (Lipinski definition) is 4. The molecule has 1 atom stereocenters. The molecule has 1 unspecified atom stereocenters. The first-order chi connectivity index (χ1) is 10.5. The largest absolute Gasteiger partial charge is 0.480 e. The van der Waals surface area contributed by atoms with Crippen LogP contribution in [0.5, 0.6) is 5.75 Å². The molecule has 23 heavy (non-hydrogen) atoms. The van der Waals surface area contributed by atoms with E-state index in [-0.39, 0.29) is 12.0 Å². The molecule has 1 aromatic carbocycles. The van der Waals surface area contributed by atoms with Gasteiger partial charge in [-0.3, -0.25) is 9.59 Å². The number of carbonyl (C=O) groups excluding carboxylic acids is 2. The van der Waals surface area contributed by atoms with E-state index < -0.39 is 41.4 Å². The van der Waals surface area contributed by atoms with Gasteiger partial charge in [-0.1, -0.05) is 6.07 Å². The van der Waals surface area contributed by atoms with E-state index in [1.807, 2.05) is 0 Å². The van der Waals surface area contributed by atoms with Gasteiger partial charge in [-0.15, -0.1) is 0 Å². The fraction of sp³-hybridized carbons (Fsp3) is 0.357. The fourth-order valence-corrected chi connectivity index (χ4v) is 1.85. The molecule has 0 aromatic heterocycles. The van der Waals surface area contributed by atoms with E-state index in [0.29, 0.717) is 6.07 Å². The lowest BCUT2D eigenvalue weighted by atomic mass is 10.0. The van der Waals surface area contributed by atoms with Crippen molar-refractivity contribution in [3.05, 3.63) is 29.3 Å². The predicted octanol–water partition coefficient (Wildman–Crippen LogP) is 1.76. The Bertz CT molecular complexity index is 627. The van der Waals surface area contributed by atoms with Gasteiger partial charge in [-0.05, 0) is 17.7 Å². The zero-order chi connectivity index (χ0) is 17.8. The number of carboxylic acids is 1. The molecule has 1 amide bonds. The van der Waals surface area contributed by atoms with Crippen LogP contribution in [0.25, 0.3) is 0 Å². The number of benzene rings is 1. The third kappa shape index (κ3) is 5.61. The number of halogens is 3. The maximum Gasteiger partial charge on any atom is 0.419 e. The van der Waals surface area contributed by atoms with Crippen molar-refractivity contribution >= 4 is 17.8 Å². The number of carboxylic acid groups (broad SMARTS) is 1. The summed E-state index contributed by atoms with van der Waals surface area (Å²) in [6, 6.07) is 1.46. The lowest BCUT2D eigenvalue weighted by Crippen LogP contribution is -2.41. The average molecular weight is 333 g/mol. The molecule has 0 saturated heterocycles. The Balaban J connectivity index is 3.16. The maximum absolute atomic E-state index is 13.0. The Morgan fingerprint density at radius 3 is 2.30 bits per heavy atom. The van der Waals surface area contributed by atoms with E-state index in [1.165, 1.54) is 6.07 Å². The van der Waals surface area contributed by atoms with Crippen molar-refractivity contribution in [3.8, 4) is 5.75 Å². The molecule has 0 heterocycles. The second-order valence-electron chi connectivity index (χ2n) is 4.72. The number of hydrogen-bond donors (Lipinski definition) is 2. The van der Waals surface area contributed by atoms with Gasteiger partial charge in [0.25, 0.3) is 0 Å². The van der Waals surface area contributed by atoms with Gasteiger partial charge in [0.15, 0.2) is 0 Å². The van der Waals surface area contributed by atoms with Crippen molar-refractivity contribution in [2.45, 2.75) is 32.5 Å². The highest BCUT2D eigenvalue weighted by molar-refractivity contribution is 5.82. The molecular formula is C14H14F3NO5. The van der Waals surface area contributed by atoms with Crippen LogP contribution < -0.4 is 10.1 Å². The van der Waals surface area contributed by atoms with E-state index in [1.54, 1.807) is 0 Å². The standard InChI is InChI=1S/C14H14F3NO5/c1-7(19)18-11(13(21)22)6-9-3-4-12(23-8(2)20)10(5-9)14(15,16)17/h3-5,11H,6H2,1-2H3,(H,18,19)(H,21,22). The number of esters is 1. The number of alkyl halides is 3. The Kier molecular flexibility index (Phi) is 5.72. The van der Waals surface area contributed by atoms with Crippen LogP contribution >= 0.6 is 0 Å². The minimum atomic E-state index is -4.78. The fourth-order valence-electron chi connectivity index (χ4n) is 1.85. The monoisotopic (exact) mass is 333 g/mol. The summed E-state index contributed by atoms with van der Waals surface area (Å²) in [5.74, 6) is -3.58. The molecule has 0 spiro atoms. The summed E-state index contributed by atoms with van der Waals surface area (Å²) < 4.78 is 43.5. The predicted molar refractivity (Wildman–Crippen MR) is 71.7 cm³/mol. The van der Waals surface area contributed by atoms with Crippen molar-refractivity contribution < 1.29 is 37.4 Å². The molecule has 0 saturated carbocycles. The van der Waals surface area contributed by atoms with Crippen molar-refractivity contribution in [2.75, 3.05) is 0 Å². The Morgan fingerprint density at radius 1 is 1.26 bits per heavy atom. The Morgan fingerprint density at radius 2 is 1.87 bits per heavy atom. The van der Waals surface area contributed by atoms with E-state index in [9.17, 15) is 27.6 Å². The minimum absolute atomic E-state index is 0.0226. The molecule has 0 fully saturated rings. The summed E-state index contributed by atoms with van der Waals surface area (Å²) in [6.07, 6.45) is -5.13. The van der Waals surface area contributed by atoms with Crippen LogP contribution in [-0.4, -0.2) is 29.0 Å². The number of rotatable bonds is 5. The summed E-state index contributed by atoms with van der Waals surface area (Å²) in [4.78, 5) is 32.8. The molecule has 0 bridgehead atoms. The maximum atomic E-state index is 13.0. The summed E-state index contributed by atoms with van der Waals surface area (Å²) in [5.41, 5.74) is -1.17. The number of nitrogens with one attached hydrogen (secondary N) is 1. The SMILES string of the molecule is CC(=O)NC(Cc1ccc(OC(C)=O)c(C(F)(F)F)c1)C(=O)O. The second-order valence-corrected chi connectivity index (χ2v) is 4.72. The average Bonchev–Trinajstić information content (AvgIpc) is 2.37. The van der Waals surface area contributed by atoms with Gasteiger partial charge in [-0.25, -0.2) is 4.79 Å². The third-order valence-corrected chi connectivity index (χ3v) is 2.72. The quantitative estimate of drug-likeness (QED) is 0.633. The first kappa shape index (κ1) is 18.5. The van der Waals surface area contributed by atoms with Gasteiger partial charge in [0.05, 0.1) is 5.56 Å². The Hall–Kier alpha value is -2.58. The van der Waals surface area contributed by atoms with Gasteiger partial charge < -0.3 is 15.2 Å². The highest BCUT2D eigenvalue weighted by Crippen LogP contribution is 2.37. The first-order valence-electron chi connectivity index (χ1n) is 6.39. The molecule has 9 heteroatoms. The molecule has 1 aromatic rings. The van der Waals surface area contributed by atoms with Gasteiger partial charge in [-0.2, -0.15) is 13.2 Å². The van der Waals surface area contributed by atoms with Gasteiger partial charge in [0, 0.05) is 20.3 Å². The van der Waals surface area contributed by atoms with Crippen molar-refractivity contribution in [3.63, 3.8) is 0 Å². The molecule has 126 valence electrons. The zero-order valence-electron chi connectivity index (χ0n) is 12.2. The van der Waals surface area contributed by atoms with Crippen LogP contribution in [0.1, 0.15) is 25.0 Å². The van der Waals surface area contributed by atoms with E-state index in [2.05, 4.69) is 10.1 Å². The van der Waals surface area contributed by atoms with E-state index in [0.717, 1.165) is 19.9 Å². The van der Waals surface area contributed by atoms with Crippen molar-refractivity contribution in [1.82, 2.24) is 5.32 Å². The third-order valence-electron chi connectivity index (χ3n) is 2.72. The van der Waals surface area contributed by atoms with Crippen molar-refractivity contribution in [2.24, 2.45) is 0 Å². The molecule has 1 rings (SSSR count). The molecule has 0 aliphatic heterocycles. The molecule has 2 N–H and O–H groups in total. The highest BCUT2D eigenvalue weighted by Gasteiger charge is 2.35. The van der Waals surface area contributed by atoms with Gasteiger partial charge in [0.1, 0.15) is 11.8 Å². The van der Waals surface area contributed by atoms with Crippen LogP contribution in [0.3, 0.4) is 0 Å². The topological polar surface area (TPSA) is 92.7 Å². The highest BCUT2D eigenvalue weighted by atomic mass is 19.4. The summed E-state index contributed by atoms with van der Waals surface area (Å²) in [7, 11) is 0. The summed E-state index contributed by atoms with van der Waals surface area (Å²) >= 11 is 0. The first-order valence-corrected chi connectivity index (χ1v) is 6.39. The number of amides is 1. The molecule has 0 aliphatic rings. The number of ether oxygens (including phenoxy) is 1. The zero-order valence-corrected chi connectivity index (χ0v) is 12.2. The smallest absolute Gasteiger partial charge is 0.419 e. The van der Waals surface area contributed by atoms with Crippen LogP contribution in [0.4, 0.5) is 13.2 Å². The molecular weight excluding hydrogens is 319 g/mol.